The molecule has 4 rings (SSSR count). The van der Waals surface area contributed by atoms with Crippen LogP contribution < -0.4 is 0 Å². The van der Waals surface area contributed by atoms with E-state index in [1.807, 2.05) is 28.4 Å². The molecule has 0 unspecified atom stereocenters. The summed E-state index contributed by atoms with van der Waals surface area (Å²) in [4.78, 5) is 0. The highest BCUT2D eigenvalue weighted by Gasteiger charge is 2.47. The third kappa shape index (κ3) is 7.95. The van der Waals surface area contributed by atoms with Crippen LogP contribution in [0.3, 0.4) is 0 Å². The molecule has 0 bridgehead atoms. The van der Waals surface area contributed by atoms with Crippen LogP contribution in [-0.4, -0.2) is 52.9 Å². The summed E-state index contributed by atoms with van der Waals surface area (Å²) in [5.74, 6) is 3.59. The van der Waals surface area contributed by atoms with E-state index < -0.39 is 0 Å². The van der Waals surface area contributed by atoms with Crippen LogP contribution in [0.25, 0.3) is 0 Å². The topological polar surface area (TPSA) is 36.9 Å². The molecule has 4 aliphatic rings. The quantitative estimate of drug-likeness (QED) is 0.259. The van der Waals surface area contributed by atoms with E-state index in [1.54, 1.807) is 0 Å². The average Bonchev–Trinajstić information content (AvgIpc) is 2.98. The zero-order chi connectivity index (χ0) is 26.1. The number of rotatable bonds is 12. The van der Waals surface area contributed by atoms with Crippen LogP contribution in [-0.2, 0) is 18.9 Å². The smallest absolute Gasteiger partial charge is 0.0571 e. The Morgan fingerprint density at radius 2 is 0.676 bits per heavy atom. The van der Waals surface area contributed by atoms with E-state index in [4.69, 9.17) is 18.9 Å². The van der Waals surface area contributed by atoms with Crippen LogP contribution in [0.1, 0.15) is 128 Å². The molecule has 0 radical (unpaired) electrons. The Balaban J connectivity index is 1.49. The molecule has 0 N–H and O–H groups in total. The van der Waals surface area contributed by atoms with Crippen molar-refractivity contribution < 1.29 is 18.9 Å². The fraction of sp³-hybridized carbons (Fsp3) is 1.00. The Bertz CT molecular complexity index is 552. The first-order valence-corrected chi connectivity index (χ1v) is 16.2. The summed E-state index contributed by atoms with van der Waals surface area (Å²) in [7, 11) is 7.67. The second-order valence-corrected chi connectivity index (χ2v) is 13.5. The van der Waals surface area contributed by atoms with Gasteiger partial charge in [0.25, 0.3) is 0 Å². The number of ether oxygens (including phenoxy) is 4. The third-order valence-electron chi connectivity index (χ3n) is 11.9. The maximum absolute atomic E-state index is 5.84. The lowest BCUT2D eigenvalue weighted by molar-refractivity contribution is -0.0531. The predicted molar refractivity (Wildman–Crippen MR) is 152 cm³/mol. The highest BCUT2D eigenvalue weighted by molar-refractivity contribution is 4.97. The number of hydrogen-bond donors (Lipinski definition) is 0. The summed E-state index contributed by atoms with van der Waals surface area (Å²) in [6.45, 7) is 0. The molecule has 4 aliphatic carbocycles. The molecule has 0 amide bonds. The minimum absolute atomic E-state index is 0.492. The highest BCUT2D eigenvalue weighted by atomic mass is 16.5. The van der Waals surface area contributed by atoms with Crippen LogP contribution >= 0.6 is 0 Å². The lowest BCUT2D eigenvalue weighted by atomic mass is 9.54. The van der Waals surface area contributed by atoms with Crippen LogP contribution in [0, 0.1) is 29.1 Å². The predicted octanol–water partition coefficient (Wildman–Crippen LogP) is 8.35. The first-order chi connectivity index (χ1) is 18.1. The van der Waals surface area contributed by atoms with Crippen LogP contribution in [0.5, 0.6) is 0 Å². The molecule has 4 saturated carbocycles. The first kappa shape index (κ1) is 29.8. The second-order valence-electron chi connectivity index (χ2n) is 13.5. The van der Waals surface area contributed by atoms with E-state index in [0.717, 1.165) is 23.7 Å². The molecule has 0 heterocycles. The fourth-order valence-electron chi connectivity index (χ4n) is 9.28. The van der Waals surface area contributed by atoms with E-state index in [1.165, 1.54) is 128 Å². The van der Waals surface area contributed by atoms with E-state index in [2.05, 4.69) is 0 Å². The van der Waals surface area contributed by atoms with Gasteiger partial charge in [-0.25, -0.2) is 0 Å². The minimum atomic E-state index is 0.492. The van der Waals surface area contributed by atoms with Gasteiger partial charge in [-0.2, -0.15) is 0 Å². The molecule has 0 saturated heterocycles. The van der Waals surface area contributed by atoms with Crippen molar-refractivity contribution in [2.45, 2.75) is 153 Å². The molecule has 0 atom stereocenters. The van der Waals surface area contributed by atoms with Gasteiger partial charge >= 0.3 is 0 Å². The molecule has 0 spiro atoms. The van der Waals surface area contributed by atoms with Crippen molar-refractivity contribution in [3.8, 4) is 0 Å². The Kier molecular flexibility index (Phi) is 12.1. The molecule has 4 nitrogen and oxygen atoms in total. The van der Waals surface area contributed by atoms with Crippen molar-refractivity contribution in [3.05, 3.63) is 0 Å². The van der Waals surface area contributed by atoms with Gasteiger partial charge in [0.05, 0.1) is 24.4 Å². The van der Waals surface area contributed by atoms with E-state index >= 15 is 0 Å². The second kappa shape index (κ2) is 15.0. The van der Waals surface area contributed by atoms with Gasteiger partial charge in [0.15, 0.2) is 0 Å². The van der Waals surface area contributed by atoms with Crippen LogP contribution in [0.4, 0.5) is 0 Å². The third-order valence-corrected chi connectivity index (χ3v) is 11.9. The van der Waals surface area contributed by atoms with Crippen molar-refractivity contribution >= 4 is 0 Å². The summed E-state index contributed by atoms with van der Waals surface area (Å²) in [6, 6.07) is 0. The summed E-state index contributed by atoms with van der Waals surface area (Å²) in [5.41, 5.74) is 0.521. The molecule has 0 aromatic rings. The lowest BCUT2D eigenvalue weighted by Crippen LogP contribution is -2.44. The molecule has 4 heteroatoms. The number of hydrogen-bond acceptors (Lipinski definition) is 4. The summed E-state index contributed by atoms with van der Waals surface area (Å²) in [5, 5.41) is 0. The molecule has 216 valence electrons. The molecule has 0 aromatic heterocycles. The number of methoxy groups -OCH3 is 4. The largest absolute Gasteiger partial charge is 0.381 e. The summed E-state index contributed by atoms with van der Waals surface area (Å²) < 4.78 is 23.1. The van der Waals surface area contributed by atoms with Gasteiger partial charge in [-0.15, -0.1) is 0 Å². The van der Waals surface area contributed by atoms with Gasteiger partial charge < -0.3 is 18.9 Å². The maximum Gasteiger partial charge on any atom is 0.0571 e. The van der Waals surface area contributed by atoms with E-state index in [0.29, 0.717) is 29.8 Å². The Hall–Kier alpha value is -0.160. The SMILES string of the molecule is COC1CCC(CCC(CCC2CCC(OC)CC2)(C2CCC(OC)CC2)C2CCC(OC)CC2)CC1. The van der Waals surface area contributed by atoms with Crippen molar-refractivity contribution in [1.82, 2.24) is 0 Å². The maximum atomic E-state index is 5.84. The normalized spacial score (nSPS) is 39.2. The summed E-state index contributed by atoms with van der Waals surface area (Å²) in [6.07, 6.45) is 29.1. The van der Waals surface area contributed by atoms with Gasteiger partial charge in [-0.05, 0) is 158 Å². The zero-order valence-electron chi connectivity index (χ0n) is 24.9. The molecule has 37 heavy (non-hydrogen) atoms. The van der Waals surface area contributed by atoms with Gasteiger partial charge in [0.1, 0.15) is 0 Å². The Morgan fingerprint density at radius 1 is 0.405 bits per heavy atom. The average molecular weight is 521 g/mol. The van der Waals surface area contributed by atoms with Crippen molar-refractivity contribution in [2.24, 2.45) is 29.1 Å². The van der Waals surface area contributed by atoms with Gasteiger partial charge in [0, 0.05) is 28.4 Å². The Morgan fingerprint density at radius 3 is 0.946 bits per heavy atom. The van der Waals surface area contributed by atoms with E-state index in [9.17, 15) is 0 Å². The van der Waals surface area contributed by atoms with Crippen molar-refractivity contribution in [2.75, 3.05) is 28.4 Å². The molecule has 4 fully saturated rings. The van der Waals surface area contributed by atoms with Gasteiger partial charge in [0.2, 0.25) is 0 Å². The fourth-order valence-corrected chi connectivity index (χ4v) is 9.28. The van der Waals surface area contributed by atoms with Gasteiger partial charge in [-0.3, -0.25) is 0 Å². The zero-order valence-corrected chi connectivity index (χ0v) is 24.9. The van der Waals surface area contributed by atoms with Crippen molar-refractivity contribution in [1.29, 1.82) is 0 Å². The lowest BCUT2D eigenvalue weighted by Gasteiger charge is -2.52. The monoisotopic (exact) mass is 520 g/mol. The molecule has 0 aromatic carbocycles. The van der Waals surface area contributed by atoms with Crippen LogP contribution in [0.15, 0.2) is 0 Å². The van der Waals surface area contributed by atoms with Crippen molar-refractivity contribution in [3.63, 3.8) is 0 Å². The van der Waals surface area contributed by atoms with Crippen LogP contribution in [0.2, 0.25) is 0 Å². The minimum Gasteiger partial charge on any atom is -0.381 e. The standard InChI is InChI=1S/C33H60O4/c1-34-29-13-5-25(6-14-29)21-23-33(27-9-17-31(36-3)18-10-27,28-11-19-32(37-4)20-12-28)24-22-26-7-15-30(35-2)16-8-26/h25-32H,5-24H2,1-4H3. The Labute approximate surface area is 229 Å². The molecular weight excluding hydrogens is 460 g/mol. The van der Waals surface area contributed by atoms with E-state index in [-0.39, 0.29) is 0 Å². The highest BCUT2D eigenvalue weighted by Crippen LogP contribution is 2.56. The molecule has 0 aliphatic heterocycles. The van der Waals surface area contributed by atoms with Gasteiger partial charge in [-0.1, -0.05) is 0 Å². The first-order valence-electron chi connectivity index (χ1n) is 16.2. The molecular formula is C33H60O4. The summed E-state index contributed by atoms with van der Waals surface area (Å²) >= 11 is 0.